The van der Waals surface area contributed by atoms with Crippen molar-refractivity contribution in [2.75, 3.05) is 25.7 Å². The quantitative estimate of drug-likeness (QED) is 0.878. The number of carbonyl (C=O) groups is 1. The van der Waals surface area contributed by atoms with Gasteiger partial charge in [0, 0.05) is 24.7 Å². The number of likely N-dealkylation sites (tertiary alicyclic amines) is 1. The largest absolute Gasteiger partial charge is 0.497 e. The van der Waals surface area contributed by atoms with Gasteiger partial charge >= 0.3 is 6.09 Å². The first kappa shape index (κ1) is 15.4. The van der Waals surface area contributed by atoms with Gasteiger partial charge in [0.05, 0.1) is 7.11 Å². The Labute approximate surface area is 135 Å². The van der Waals surface area contributed by atoms with E-state index in [0.717, 1.165) is 48.0 Å². The number of piperidine rings is 1. The highest BCUT2D eigenvalue weighted by molar-refractivity contribution is 5.95. The standard InChI is InChI=1S/C17H21N3O3/c1-12-10-14(22-2)11-13-6-7-18-16(15(12)13)19-23-17(21)20-8-4-3-5-9-20/h6-7,10-11H,3-5,8-9H2,1-2H3,(H,18,19). The highest BCUT2D eigenvalue weighted by Gasteiger charge is 2.18. The van der Waals surface area contributed by atoms with Crippen LogP contribution in [-0.2, 0) is 4.84 Å². The second-order valence-electron chi connectivity index (χ2n) is 5.72. The molecule has 0 unspecified atom stereocenters. The number of fused-ring (bicyclic) bond motifs is 1. The molecule has 1 fully saturated rings. The number of amides is 1. The lowest BCUT2D eigenvalue weighted by atomic mass is 10.1. The van der Waals surface area contributed by atoms with Crippen molar-refractivity contribution in [2.24, 2.45) is 0 Å². The minimum Gasteiger partial charge on any atom is -0.497 e. The van der Waals surface area contributed by atoms with Crippen LogP contribution in [0, 0.1) is 6.92 Å². The van der Waals surface area contributed by atoms with Crippen molar-refractivity contribution in [3.8, 4) is 5.75 Å². The second kappa shape index (κ2) is 6.73. The van der Waals surface area contributed by atoms with Gasteiger partial charge in [-0.15, -0.1) is 0 Å². The summed E-state index contributed by atoms with van der Waals surface area (Å²) in [5, 5.41) is 1.90. The van der Waals surface area contributed by atoms with Crippen molar-refractivity contribution >= 4 is 22.7 Å². The molecule has 1 aromatic carbocycles. The number of nitrogens with one attached hydrogen (secondary N) is 1. The Morgan fingerprint density at radius 2 is 2.04 bits per heavy atom. The monoisotopic (exact) mass is 315 g/mol. The molecule has 23 heavy (non-hydrogen) atoms. The minimum absolute atomic E-state index is 0.352. The smallest absolute Gasteiger partial charge is 0.434 e. The molecular formula is C17H21N3O3. The number of methoxy groups -OCH3 is 1. The summed E-state index contributed by atoms with van der Waals surface area (Å²) in [6.07, 6.45) is 4.55. The Kier molecular flexibility index (Phi) is 4.50. The van der Waals surface area contributed by atoms with Crippen LogP contribution in [0.15, 0.2) is 24.4 Å². The van der Waals surface area contributed by atoms with Gasteiger partial charge in [-0.2, -0.15) is 5.48 Å². The Morgan fingerprint density at radius 3 is 2.78 bits per heavy atom. The molecule has 3 rings (SSSR count). The Bertz CT molecular complexity index is 712. The molecule has 0 radical (unpaired) electrons. The van der Waals surface area contributed by atoms with Crippen LogP contribution in [0.3, 0.4) is 0 Å². The van der Waals surface area contributed by atoms with Crippen LogP contribution in [0.5, 0.6) is 5.75 Å². The summed E-state index contributed by atoms with van der Waals surface area (Å²) in [5.74, 6) is 1.32. The maximum absolute atomic E-state index is 12.1. The van der Waals surface area contributed by atoms with E-state index in [0.29, 0.717) is 5.82 Å². The number of pyridine rings is 1. The molecule has 1 aromatic heterocycles. The van der Waals surface area contributed by atoms with Crippen LogP contribution in [0.4, 0.5) is 10.6 Å². The number of ether oxygens (including phenoxy) is 1. The van der Waals surface area contributed by atoms with Gasteiger partial charge in [0.2, 0.25) is 0 Å². The number of hydrogen-bond acceptors (Lipinski definition) is 5. The minimum atomic E-state index is -0.352. The Balaban J connectivity index is 1.78. The average molecular weight is 315 g/mol. The summed E-state index contributed by atoms with van der Waals surface area (Å²) in [6.45, 7) is 3.48. The molecular weight excluding hydrogens is 294 g/mol. The lowest BCUT2D eigenvalue weighted by molar-refractivity contribution is 0.114. The first-order valence-electron chi connectivity index (χ1n) is 7.84. The van der Waals surface area contributed by atoms with E-state index in [2.05, 4.69) is 10.5 Å². The highest BCUT2D eigenvalue weighted by Crippen LogP contribution is 2.29. The van der Waals surface area contributed by atoms with Gasteiger partial charge in [0.25, 0.3) is 0 Å². The third-order valence-corrected chi connectivity index (χ3v) is 4.12. The molecule has 1 amide bonds. The van der Waals surface area contributed by atoms with Crippen LogP contribution in [0.2, 0.25) is 0 Å². The van der Waals surface area contributed by atoms with Crippen molar-refractivity contribution in [3.63, 3.8) is 0 Å². The summed E-state index contributed by atoms with van der Waals surface area (Å²) >= 11 is 0. The normalized spacial score (nSPS) is 14.6. The summed E-state index contributed by atoms with van der Waals surface area (Å²) in [4.78, 5) is 23.3. The van der Waals surface area contributed by atoms with Crippen molar-refractivity contribution in [3.05, 3.63) is 30.0 Å². The lowest BCUT2D eigenvalue weighted by Crippen LogP contribution is -2.37. The fourth-order valence-corrected chi connectivity index (χ4v) is 2.92. The Hall–Kier alpha value is -2.50. The van der Waals surface area contributed by atoms with Gasteiger partial charge in [-0.05, 0) is 55.3 Å². The first-order chi connectivity index (χ1) is 11.2. The molecule has 1 aliphatic heterocycles. The molecule has 2 aromatic rings. The topological polar surface area (TPSA) is 63.7 Å². The predicted molar refractivity (Wildman–Crippen MR) is 88.6 cm³/mol. The van der Waals surface area contributed by atoms with Gasteiger partial charge in [-0.3, -0.25) is 0 Å². The number of rotatable bonds is 3. The number of benzene rings is 1. The molecule has 6 nitrogen and oxygen atoms in total. The van der Waals surface area contributed by atoms with Crippen molar-refractivity contribution in [1.29, 1.82) is 0 Å². The number of aromatic nitrogens is 1. The molecule has 2 heterocycles. The van der Waals surface area contributed by atoms with E-state index < -0.39 is 0 Å². The van der Waals surface area contributed by atoms with Crippen molar-refractivity contribution in [2.45, 2.75) is 26.2 Å². The summed E-state index contributed by atoms with van der Waals surface area (Å²) in [5.41, 5.74) is 3.72. The van der Waals surface area contributed by atoms with Crippen molar-refractivity contribution in [1.82, 2.24) is 9.88 Å². The number of hydrogen-bond donors (Lipinski definition) is 1. The molecule has 6 heteroatoms. The molecule has 0 spiro atoms. The van der Waals surface area contributed by atoms with Gasteiger partial charge in [-0.1, -0.05) is 0 Å². The van der Waals surface area contributed by atoms with Crippen LogP contribution in [0.1, 0.15) is 24.8 Å². The molecule has 0 bridgehead atoms. The van der Waals surface area contributed by atoms with Crippen LogP contribution in [-0.4, -0.2) is 36.2 Å². The zero-order valence-electron chi connectivity index (χ0n) is 13.5. The molecule has 0 saturated carbocycles. The maximum Gasteiger partial charge on any atom is 0.434 e. The maximum atomic E-state index is 12.1. The molecule has 122 valence electrons. The number of aryl methyl sites for hydroxylation is 1. The zero-order chi connectivity index (χ0) is 16.2. The number of anilines is 1. The fourth-order valence-electron chi connectivity index (χ4n) is 2.92. The van der Waals surface area contributed by atoms with Crippen molar-refractivity contribution < 1.29 is 14.4 Å². The van der Waals surface area contributed by atoms with Gasteiger partial charge in [0.1, 0.15) is 5.75 Å². The third-order valence-electron chi connectivity index (χ3n) is 4.12. The van der Waals surface area contributed by atoms with E-state index in [9.17, 15) is 4.79 Å². The second-order valence-corrected chi connectivity index (χ2v) is 5.72. The van der Waals surface area contributed by atoms with Crippen LogP contribution in [0.25, 0.3) is 10.8 Å². The van der Waals surface area contributed by atoms with Gasteiger partial charge < -0.3 is 14.5 Å². The molecule has 1 saturated heterocycles. The zero-order valence-corrected chi connectivity index (χ0v) is 13.5. The van der Waals surface area contributed by atoms with Gasteiger partial charge in [0.15, 0.2) is 5.82 Å². The fraction of sp³-hybridized carbons (Fsp3) is 0.412. The van der Waals surface area contributed by atoms with E-state index in [1.54, 1.807) is 18.2 Å². The highest BCUT2D eigenvalue weighted by atomic mass is 16.7. The number of nitrogens with zero attached hydrogens (tertiary/aromatic N) is 2. The van der Waals surface area contributed by atoms with E-state index in [1.807, 2.05) is 25.1 Å². The molecule has 0 aliphatic carbocycles. The van der Waals surface area contributed by atoms with E-state index in [-0.39, 0.29) is 6.09 Å². The number of carbonyl (C=O) groups excluding carboxylic acids is 1. The van der Waals surface area contributed by atoms with E-state index in [4.69, 9.17) is 9.57 Å². The molecule has 0 atom stereocenters. The Morgan fingerprint density at radius 1 is 1.26 bits per heavy atom. The third kappa shape index (κ3) is 3.31. The summed E-state index contributed by atoms with van der Waals surface area (Å²) < 4.78 is 5.29. The SMILES string of the molecule is COc1cc(C)c2c(NOC(=O)N3CCCCC3)nccc2c1. The average Bonchev–Trinajstić information content (AvgIpc) is 2.60. The lowest BCUT2D eigenvalue weighted by Gasteiger charge is -2.25. The van der Waals surface area contributed by atoms with Crippen LogP contribution >= 0.6 is 0 Å². The van der Waals surface area contributed by atoms with E-state index in [1.165, 1.54) is 6.42 Å². The summed E-state index contributed by atoms with van der Waals surface area (Å²) in [7, 11) is 1.64. The first-order valence-corrected chi connectivity index (χ1v) is 7.84. The predicted octanol–water partition coefficient (Wildman–Crippen LogP) is 3.50. The molecule has 1 aliphatic rings. The van der Waals surface area contributed by atoms with E-state index >= 15 is 0 Å². The van der Waals surface area contributed by atoms with Crippen LogP contribution < -0.4 is 10.2 Å². The molecule has 1 N–H and O–H groups in total. The van der Waals surface area contributed by atoms with Gasteiger partial charge in [-0.25, -0.2) is 9.78 Å². The summed E-state index contributed by atoms with van der Waals surface area (Å²) in [6, 6.07) is 5.77.